The van der Waals surface area contributed by atoms with E-state index in [-0.39, 0.29) is 5.82 Å². The molecule has 0 fully saturated rings. The summed E-state index contributed by atoms with van der Waals surface area (Å²) < 4.78 is 19.0. The van der Waals surface area contributed by atoms with Gasteiger partial charge in [-0.1, -0.05) is 35.1 Å². The summed E-state index contributed by atoms with van der Waals surface area (Å²) in [4.78, 5) is 9.57. The minimum absolute atomic E-state index is 0.345. The molecule has 3 heterocycles. The van der Waals surface area contributed by atoms with Crippen molar-refractivity contribution in [2.75, 3.05) is 0 Å². The molecule has 0 atom stereocenters. The first-order valence-corrected chi connectivity index (χ1v) is 8.83. The van der Waals surface area contributed by atoms with Crippen LogP contribution in [0.4, 0.5) is 4.39 Å². The number of hydrogen-bond donors (Lipinski definition) is 1. The Hall–Kier alpha value is -2.52. The molecule has 0 aliphatic heterocycles. The summed E-state index contributed by atoms with van der Waals surface area (Å²) in [5.41, 5.74) is 0.384. The number of aromatic amines is 1. The van der Waals surface area contributed by atoms with E-state index < -0.39 is 0 Å². The fourth-order valence-electron chi connectivity index (χ4n) is 2.03. The molecule has 0 radical (unpaired) electrons. The summed E-state index contributed by atoms with van der Waals surface area (Å²) >= 11 is 2.89. The Bertz CT molecular complexity index is 950. The van der Waals surface area contributed by atoms with Gasteiger partial charge in [-0.2, -0.15) is 4.98 Å². The lowest BCUT2D eigenvalue weighted by Crippen LogP contribution is -1.85. The van der Waals surface area contributed by atoms with Gasteiger partial charge in [0.2, 0.25) is 16.9 Å². The Labute approximate surface area is 144 Å². The predicted octanol–water partition coefficient (Wildman–Crippen LogP) is 4.01. The third kappa shape index (κ3) is 3.08. The van der Waals surface area contributed by atoms with Gasteiger partial charge < -0.3 is 4.52 Å². The molecule has 0 aliphatic rings. The molecule has 1 aromatic carbocycles. The van der Waals surface area contributed by atoms with E-state index in [1.54, 1.807) is 29.5 Å². The Morgan fingerprint density at radius 2 is 2.08 bits per heavy atom. The number of nitrogens with zero attached hydrogens (tertiary/aromatic N) is 4. The maximum Gasteiger partial charge on any atom is 0.237 e. The van der Waals surface area contributed by atoms with Crippen LogP contribution in [-0.2, 0) is 5.75 Å². The molecule has 9 heteroatoms. The second-order valence-electron chi connectivity index (χ2n) is 4.72. The zero-order valence-corrected chi connectivity index (χ0v) is 13.8. The largest absolute Gasteiger partial charge is 0.338 e. The minimum Gasteiger partial charge on any atom is -0.338 e. The van der Waals surface area contributed by atoms with Crippen LogP contribution in [0, 0.1) is 5.82 Å². The Morgan fingerprint density at radius 1 is 1.17 bits per heavy atom. The number of benzene rings is 1. The first-order chi connectivity index (χ1) is 11.8. The normalized spacial score (nSPS) is 11.0. The molecule has 0 amide bonds. The van der Waals surface area contributed by atoms with Gasteiger partial charge in [0.05, 0.1) is 16.2 Å². The SMILES string of the molecule is Fc1ccccc1-c1nc(SCc2nc(-c3cccs3)no2)n[nH]1. The molecular weight excluding hydrogens is 349 g/mol. The summed E-state index contributed by atoms with van der Waals surface area (Å²) in [5, 5.41) is 13.2. The van der Waals surface area contributed by atoms with Crippen molar-refractivity contribution >= 4 is 23.1 Å². The van der Waals surface area contributed by atoms with E-state index in [1.807, 2.05) is 17.5 Å². The van der Waals surface area contributed by atoms with Crippen LogP contribution in [0.1, 0.15) is 5.89 Å². The molecule has 0 bridgehead atoms. The molecule has 0 aliphatic carbocycles. The maximum absolute atomic E-state index is 13.7. The Morgan fingerprint density at radius 3 is 2.92 bits per heavy atom. The number of hydrogen-bond acceptors (Lipinski definition) is 7. The van der Waals surface area contributed by atoms with Crippen molar-refractivity contribution < 1.29 is 8.91 Å². The summed E-state index contributed by atoms with van der Waals surface area (Å²) in [6.45, 7) is 0. The average molecular weight is 359 g/mol. The van der Waals surface area contributed by atoms with E-state index in [0.29, 0.717) is 34.0 Å². The fourth-order valence-corrected chi connectivity index (χ4v) is 3.32. The van der Waals surface area contributed by atoms with Crippen molar-refractivity contribution in [1.29, 1.82) is 0 Å². The highest BCUT2D eigenvalue weighted by Gasteiger charge is 2.13. The van der Waals surface area contributed by atoms with Crippen LogP contribution < -0.4 is 0 Å². The molecule has 3 aromatic heterocycles. The summed E-state index contributed by atoms with van der Waals surface area (Å²) in [6, 6.07) is 10.3. The van der Waals surface area contributed by atoms with Gasteiger partial charge in [0, 0.05) is 0 Å². The fraction of sp³-hybridized carbons (Fsp3) is 0.0667. The maximum atomic E-state index is 13.7. The van der Waals surface area contributed by atoms with Crippen molar-refractivity contribution in [3.8, 4) is 22.1 Å². The zero-order valence-electron chi connectivity index (χ0n) is 12.1. The molecule has 4 rings (SSSR count). The second kappa shape index (κ2) is 6.54. The summed E-state index contributed by atoms with van der Waals surface area (Å²) in [5.74, 6) is 1.54. The van der Waals surface area contributed by atoms with Gasteiger partial charge in [-0.05, 0) is 23.6 Å². The molecule has 0 unspecified atom stereocenters. The third-order valence-corrected chi connectivity index (χ3v) is 4.83. The lowest BCUT2D eigenvalue weighted by molar-refractivity contribution is 0.391. The molecule has 1 N–H and O–H groups in total. The zero-order chi connectivity index (χ0) is 16.4. The number of H-pyrrole nitrogens is 1. The summed E-state index contributed by atoms with van der Waals surface area (Å²) in [6.07, 6.45) is 0. The van der Waals surface area contributed by atoms with E-state index in [2.05, 4.69) is 25.3 Å². The molecular formula is C15H10FN5OS2. The molecule has 6 nitrogen and oxygen atoms in total. The van der Waals surface area contributed by atoms with Gasteiger partial charge in [-0.3, -0.25) is 5.10 Å². The van der Waals surface area contributed by atoms with Crippen LogP contribution in [0.15, 0.2) is 51.5 Å². The van der Waals surface area contributed by atoms with E-state index in [9.17, 15) is 4.39 Å². The quantitative estimate of drug-likeness (QED) is 0.542. The third-order valence-electron chi connectivity index (χ3n) is 3.13. The average Bonchev–Trinajstić information content (AvgIpc) is 3.34. The van der Waals surface area contributed by atoms with E-state index in [4.69, 9.17) is 4.52 Å². The summed E-state index contributed by atoms with van der Waals surface area (Å²) in [7, 11) is 0. The van der Waals surface area contributed by atoms with Crippen molar-refractivity contribution in [3.63, 3.8) is 0 Å². The van der Waals surface area contributed by atoms with Crippen LogP contribution in [-0.4, -0.2) is 25.3 Å². The van der Waals surface area contributed by atoms with Crippen molar-refractivity contribution in [2.45, 2.75) is 10.9 Å². The molecule has 0 saturated heterocycles. The highest BCUT2D eigenvalue weighted by atomic mass is 32.2. The highest BCUT2D eigenvalue weighted by molar-refractivity contribution is 7.98. The number of halogens is 1. The van der Waals surface area contributed by atoms with Crippen LogP contribution >= 0.6 is 23.1 Å². The van der Waals surface area contributed by atoms with Gasteiger partial charge in [0.1, 0.15) is 5.82 Å². The van der Waals surface area contributed by atoms with Gasteiger partial charge in [0.15, 0.2) is 5.82 Å². The van der Waals surface area contributed by atoms with Gasteiger partial charge in [-0.25, -0.2) is 9.37 Å². The minimum atomic E-state index is -0.345. The standard InChI is InChI=1S/C15H10FN5OS2/c16-10-5-2-1-4-9(10)13-18-15(20-19-13)24-8-12-17-14(21-22-12)11-6-3-7-23-11/h1-7H,8H2,(H,18,19,20). The second-order valence-corrected chi connectivity index (χ2v) is 6.61. The van der Waals surface area contributed by atoms with Gasteiger partial charge in [0.25, 0.3) is 0 Å². The number of rotatable bonds is 5. The smallest absolute Gasteiger partial charge is 0.237 e. The van der Waals surface area contributed by atoms with Gasteiger partial charge >= 0.3 is 0 Å². The Balaban J connectivity index is 1.45. The van der Waals surface area contributed by atoms with E-state index in [1.165, 1.54) is 17.8 Å². The molecule has 4 aromatic rings. The number of thioether (sulfide) groups is 1. The lowest BCUT2D eigenvalue weighted by atomic mass is 10.2. The van der Waals surface area contributed by atoms with Crippen LogP contribution in [0.25, 0.3) is 22.1 Å². The number of nitrogens with one attached hydrogen (secondary N) is 1. The van der Waals surface area contributed by atoms with Gasteiger partial charge in [-0.15, -0.1) is 16.4 Å². The van der Waals surface area contributed by atoms with Crippen LogP contribution in [0.2, 0.25) is 0 Å². The predicted molar refractivity (Wildman–Crippen MR) is 88.9 cm³/mol. The van der Waals surface area contributed by atoms with E-state index in [0.717, 1.165) is 4.88 Å². The topological polar surface area (TPSA) is 80.5 Å². The molecule has 0 saturated carbocycles. The number of aromatic nitrogens is 5. The van der Waals surface area contributed by atoms with Crippen molar-refractivity contribution in [2.24, 2.45) is 0 Å². The van der Waals surface area contributed by atoms with Crippen LogP contribution in [0.3, 0.4) is 0 Å². The van der Waals surface area contributed by atoms with Crippen molar-refractivity contribution in [1.82, 2.24) is 25.3 Å². The molecule has 120 valence electrons. The van der Waals surface area contributed by atoms with Crippen molar-refractivity contribution in [3.05, 3.63) is 53.5 Å². The van der Waals surface area contributed by atoms with Crippen LogP contribution in [0.5, 0.6) is 0 Å². The first kappa shape index (κ1) is 15.0. The number of thiophene rings is 1. The molecule has 24 heavy (non-hydrogen) atoms. The van der Waals surface area contributed by atoms with E-state index >= 15 is 0 Å². The Kier molecular flexibility index (Phi) is 4.09. The monoisotopic (exact) mass is 359 g/mol. The molecule has 0 spiro atoms. The first-order valence-electron chi connectivity index (χ1n) is 6.96. The lowest BCUT2D eigenvalue weighted by Gasteiger charge is -1.96. The highest BCUT2D eigenvalue weighted by Crippen LogP contribution is 2.25.